The van der Waals surface area contributed by atoms with E-state index >= 15 is 0 Å². The lowest BCUT2D eigenvalue weighted by atomic mass is 10.1. The quantitative estimate of drug-likeness (QED) is 0.517. The van der Waals surface area contributed by atoms with Gasteiger partial charge >= 0.3 is 6.18 Å². The zero-order valence-corrected chi connectivity index (χ0v) is 16.3. The summed E-state index contributed by atoms with van der Waals surface area (Å²) in [5, 5.41) is 8.59. The van der Waals surface area contributed by atoms with Crippen molar-refractivity contribution in [3.8, 4) is 11.4 Å². The van der Waals surface area contributed by atoms with Crippen molar-refractivity contribution in [1.29, 1.82) is 0 Å². The maximum atomic E-state index is 14.0. The van der Waals surface area contributed by atoms with E-state index in [-0.39, 0.29) is 11.4 Å². The Morgan fingerprint density at radius 2 is 1.66 bits per heavy atom. The third-order valence-electron chi connectivity index (χ3n) is 4.89. The van der Waals surface area contributed by atoms with Crippen molar-refractivity contribution < 1.29 is 17.6 Å². The number of nitrogens with zero attached hydrogens (tertiary/aromatic N) is 4. The predicted molar refractivity (Wildman–Crippen MR) is 104 cm³/mol. The van der Waals surface area contributed by atoms with Crippen molar-refractivity contribution in [3.05, 3.63) is 53.5 Å². The number of piperidine rings is 1. The number of fused-ring (bicyclic) bond motifs is 1. The molecule has 8 heteroatoms. The van der Waals surface area contributed by atoms with Gasteiger partial charge in [0.05, 0.1) is 11.1 Å². The summed E-state index contributed by atoms with van der Waals surface area (Å²) in [7, 11) is 2.19. The Morgan fingerprint density at radius 3 is 2.24 bits per heavy atom. The number of hydrogen-bond donors (Lipinski definition) is 0. The normalized spacial score (nSPS) is 15.1. The van der Waals surface area contributed by atoms with Gasteiger partial charge in [0.15, 0.2) is 5.82 Å². The molecule has 0 unspecified atom stereocenters. The second kappa shape index (κ2) is 8.82. The van der Waals surface area contributed by atoms with Gasteiger partial charge in [0.25, 0.3) is 0 Å². The third-order valence-corrected chi connectivity index (χ3v) is 4.89. The van der Waals surface area contributed by atoms with Crippen LogP contribution in [0.4, 0.5) is 17.6 Å². The van der Waals surface area contributed by atoms with E-state index < -0.39 is 17.6 Å². The number of aromatic nitrogens is 3. The van der Waals surface area contributed by atoms with E-state index in [4.69, 9.17) is 0 Å². The third kappa shape index (κ3) is 5.06. The number of aryl methyl sites for hydroxylation is 1. The number of likely N-dealkylation sites (tertiary alicyclic amines) is 1. The Kier molecular flexibility index (Phi) is 6.42. The summed E-state index contributed by atoms with van der Waals surface area (Å²) in [6.07, 6.45) is 0.225. The summed E-state index contributed by atoms with van der Waals surface area (Å²) in [6.45, 7) is 4.34. The number of pyridine rings is 1. The summed E-state index contributed by atoms with van der Waals surface area (Å²) in [5.74, 6) is -1.08. The van der Waals surface area contributed by atoms with Crippen LogP contribution in [0.2, 0.25) is 0 Å². The first kappa shape index (κ1) is 21.1. The molecule has 29 heavy (non-hydrogen) atoms. The summed E-state index contributed by atoms with van der Waals surface area (Å²) in [4.78, 5) is 5.98. The SMILES string of the molecule is CN1CCCCC1.Cc1c(-c2ncc(C(F)(F)F)cc2F)nnc2ccccc12. The molecular weight excluding hydrogens is 384 g/mol. The van der Waals surface area contributed by atoms with Crippen LogP contribution in [0.25, 0.3) is 22.3 Å². The van der Waals surface area contributed by atoms with Gasteiger partial charge < -0.3 is 4.90 Å². The molecule has 0 aliphatic carbocycles. The number of halogens is 4. The van der Waals surface area contributed by atoms with E-state index in [9.17, 15) is 17.6 Å². The van der Waals surface area contributed by atoms with E-state index in [2.05, 4.69) is 27.1 Å². The van der Waals surface area contributed by atoms with Crippen LogP contribution in [0.1, 0.15) is 30.4 Å². The molecule has 2 aromatic heterocycles. The molecule has 3 aromatic rings. The summed E-state index contributed by atoms with van der Waals surface area (Å²) in [5.41, 5.74) is -0.0262. The Hall–Kier alpha value is -2.61. The van der Waals surface area contributed by atoms with Crippen molar-refractivity contribution in [2.45, 2.75) is 32.4 Å². The lowest BCUT2D eigenvalue weighted by Crippen LogP contribution is -2.24. The molecule has 1 fully saturated rings. The average Bonchev–Trinajstić information content (AvgIpc) is 2.69. The van der Waals surface area contributed by atoms with Crippen LogP contribution in [0, 0.1) is 12.7 Å². The molecule has 0 N–H and O–H groups in total. The molecule has 1 aliphatic rings. The minimum absolute atomic E-state index is 0.130. The van der Waals surface area contributed by atoms with Crippen LogP contribution in [0.15, 0.2) is 36.5 Å². The average molecular weight is 406 g/mol. The van der Waals surface area contributed by atoms with Gasteiger partial charge in [0.1, 0.15) is 11.4 Å². The van der Waals surface area contributed by atoms with Gasteiger partial charge in [-0.1, -0.05) is 24.6 Å². The van der Waals surface area contributed by atoms with Crippen LogP contribution >= 0.6 is 0 Å². The van der Waals surface area contributed by atoms with Crippen LogP contribution in [-0.4, -0.2) is 40.2 Å². The predicted octanol–water partition coefficient (Wildman–Crippen LogP) is 5.26. The molecule has 154 valence electrons. The molecule has 3 heterocycles. The van der Waals surface area contributed by atoms with Crippen LogP contribution in [0.5, 0.6) is 0 Å². The molecule has 1 aromatic carbocycles. The van der Waals surface area contributed by atoms with Crippen molar-refractivity contribution in [3.63, 3.8) is 0 Å². The molecule has 0 amide bonds. The van der Waals surface area contributed by atoms with Gasteiger partial charge in [-0.25, -0.2) is 4.39 Å². The Morgan fingerprint density at radius 1 is 0.966 bits per heavy atom. The molecule has 4 rings (SSSR count). The molecule has 0 radical (unpaired) electrons. The maximum Gasteiger partial charge on any atom is 0.417 e. The van der Waals surface area contributed by atoms with Gasteiger partial charge in [0, 0.05) is 11.6 Å². The number of hydrogen-bond acceptors (Lipinski definition) is 4. The fourth-order valence-corrected chi connectivity index (χ4v) is 3.23. The number of rotatable bonds is 1. The highest BCUT2D eigenvalue weighted by molar-refractivity contribution is 5.85. The van der Waals surface area contributed by atoms with E-state index in [0.29, 0.717) is 23.3 Å². The molecule has 1 aliphatic heterocycles. The fourth-order valence-electron chi connectivity index (χ4n) is 3.23. The van der Waals surface area contributed by atoms with Crippen LogP contribution < -0.4 is 0 Å². The highest BCUT2D eigenvalue weighted by Crippen LogP contribution is 2.32. The highest BCUT2D eigenvalue weighted by Gasteiger charge is 2.32. The zero-order valence-electron chi connectivity index (χ0n) is 16.3. The summed E-state index contributed by atoms with van der Waals surface area (Å²) >= 11 is 0. The molecule has 0 atom stereocenters. The number of alkyl halides is 3. The van der Waals surface area contributed by atoms with E-state index in [0.717, 1.165) is 5.39 Å². The molecule has 0 saturated carbocycles. The first-order valence-electron chi connectivity index (χ1n) is 9.41. The molecule has 4 nitrogen and oxygen atoms in total. The lowest BCUT2D eigenvalue weighted by molar-refractivity contribution is -0.138. The Balaban J connectivity index is 0.000000290. The highest BCUT2D eigenvalue weighted by atomic mass is 19.4. The van der Waals surface area contributed by atoms with Gasteiger partial charge in [-0.3, -0.25) is 4.98 Å². The topological polar surface area (TPSA) is 41.9 Å². The molecule has 1 saturated heterocycles. The van der Waals surface area contributed by atoms with Gasteiger partial charge in [-0.2, -0.15) is 13.2 Å². The first-order chi connectivity index (χ1) is 13.8. The van der Waals surface area contributed by atoms with Crippen molar-refractivity contribution in [2.24, 2.45) is 0 Å². The fraction of sp³-hybridized carbons (Fsp3) is 0.381. The summed E-state index contributed by atoms with van der Waals surface area (Å²) in [6, 6.07) is 7.52. The van der Waals surface area contributed by atoms with Crippen molar-refractivity contribution in [2.75, 3.05) is 20.1 Å². The molecular formula is C21H22F4N4. The molecule has 0 spiro atoms. The van der Waals surface area contributed by atoms with Gasteiger partial charge in [0.2, 0.25) is 0 Å². The Labute approximate surface area is 166 Å². The summed E-state index contributed by atoms with van der Waals surface area (Å²) < 4.78 is 51.7. The van der Waals surface area contributed by atoms with Crippen LogP contribution in [-0.2, 0) is 6.18 Å². The smallest absolute Gasteiger partial charge is 0.306 e. The largest absolute Gasteiger partial charge is 0.417 e. The number of benzene rings is 1. The second-order valence-corrected chi connectivity index (χ2v) is 7.11. The maximum absolute atomic E-state index is 14.0. The first-order valence-corrected chi connectivity index (χ1v) is 9.41. The van der Waals surface area contributed by atoms with Gasteiger partial charge in [-0.05, 0) is 57.6 Å². The van der Waals surface area contributed by atoms with Gasteiger partial charge in [-0.15, -0.1) is 10.2 Å². The minimum atomic E-state index is -4.64. The van der Waals surface area contributed by atoms with Crippen molar-refractivity contribution >= 4 is 10.9 Å². The van der Waals surface area contributed by atoms with E-state index in [1.165, 1.54) is 32.4 Å². The zero-order chi connectivity index (χ0) is 21.0. The molecule has 0 bridgehead atoms. The lowest BCUT2D eigenvalue weighted by Gasteiger charge is -2.20. The van der Waals surface area contributed by atoms with Crippen molar-refractivity contribution in [1.82, 2.24) is 20.1 Å². The van der Waals surface area contributed by atoms with Crippen LogP contribution in [0.3, 0.4) is 0 Å². The monoisotopic (exact) mass is 406 g/mol. The van der Waals surface area contributed by atoms with E-state index in [1.54, 1.807) is 31.2 Å². The Bertz CT molecular complexity index is 982. The second-order valence-electron chi connectivity index (χ2n) is 7.11. The van der Waals surface area contributed by atoms with E-state index in [1.807, 2.05) is 0 Å². The minimum Gasteiger partial charge on any atom is -0.306 e. The standard InChI is InChI=1S/C15H9F4N3.C6H13N/c1-8-10-4-2-3-5-12(10)21-22-13(8)14-11(16)6-9(7-20-14)15(17,18)19;1-7-5-3-2-4-6-7/h2-7H,1H3;2-6H2,1H3.